The van der Waals surface area contributed by atoms with E-state index in [0.29, 0.717) is 11.8 Å². The summed E-state index contributed by atoms with van der Waals surface area (Å²) in [4.78, 5) is 23.5. The van der Waals surface area contributed by atoms with Crippen molar-refractivity contribution in [3.8, 4) is 0 Å². The number of hydrogen-bond acceptors (Lipinski definition) is 3. The zero-order valence-corrected chi connectivity index (χ0v) is 10.5. The first-order valence-corrected chi connectivity index (χ1v) is 6.79. The van der Waals surface area contributed by atoms with Crippen molar-refractivity contribution in [1.82, 2.24) is 3.96 Å². The summed E-state index contributed by atoms with van der Waals surface area (Å²) in [5.41, 5.74) is -0.0475. The fraction of sp³-hybridized carbons (Fsp3) is 0.385. The average molecular weight is 263 g/mol. The summed E-state index contributed by atoms with van der Waals surface area (Å²) >= 11 is 1.38. The van der Waals surface area contributed by atoms with Gasteiger partial charge in [0.25, 0.3) is 5.56 Å². The number of carboxylic acid groups (broad SMARTS) is 1. The molecule has 1 aromatic carbocycles. The van der Waals surface area contributed by atoms with Crippen LogP contribution in [0.3, 0.4) is 0 Å². The number of aromatic nitrogens is 1. The van der Waals surface area contributed by atoms with Crippen LogP contribution in [-0.2, 0) is 4.79 Å². The van der Waals surface area contributed by atoms with Crippen LogP contribution in [0.25, 0.3) is 10.1 Å². The van der Waals surface area contributed by atoms with Crippen LogP contribution < -0.4 is 5.56 Å². The summed E-state index contributed by atoms with van der Waals surface area (Å²) in [7, 11) is 0. The molecule has 0 spiro atoms. The van der Waals surface area contributed by atoms with E-state index in [1.165, 1.54) is 11.5 Å². The van der Waals surface area contributed by atoms with Crippen LogP contribution >= 0.6 is 11.5 Å². The van der Waals surface area contributed by atoms with Gasteiger partial charge in [-0.25, -0.2) is 0 Å². The molecule has 5 heteroatoms. The molecule has 0 bridgehead atoms. The maximum Gasteiger partial charge on any atom is 0.308 e. The Bertz CT molecular complexity index is 658. The maximum atomic E-state index is 12.3. The van der Waals surface area contributed by atoms with E-state index < -0.39 is 11.9 Å². The van der Waals surface area contributed by atoms with Crippen LogP contribution in [0, 0.1) is 5.92 Å². The molecule has 1 aliphatic carbocycles. The second-order valence-corrected chi connectivity index (χ2v) is 5.68. The minimum Gasteiger partial charge on any atom is -0.481 e. The first-order chi connectivity index (χ1) is 8.68. The molecule has 94 valence electrons. The van der Waals surface area contributed by atoms with E-state index in [1.807, 2.05) is 18.2 Å². The van der Waals surface area contributed by atoms with Crippen LogP contribution in [0.4, 0.5) is 0 Å². The van der Waals surface area contributed by atoms with Gasteiger partial charge < -0.3 is 5.11 Å². The normalized spacial score (nSPS) is 23.6. The third-order valence-electron chi connectivity index (χ3n) is 3.61. The van der Waals surface area contributed by atoms with Gasteiger partial charge in [0.2, 0.25) is 0 Å². The van der Waals surface area contributed by atoms with E-state index in [0.717, 1.165) is 17.5 Å². The van der Waals surface area contributed by atoms with Gasteiger partial charge >= 0.3 is 5.97 Å². The zero-order chi connectivity index (χ0) is 12.7. The van der Waals surface area contributed by atoms with Crippen LogP contribution in [0.15, 0.2) is 29.1 Å². The van der Waals surface area contributed by atoms with Gasteiger partial charge in [0.05, 0.1) is 22.0 Å². The summed E-state index contributed by atoms with van der Waals surface area (Å²) in [5.74, 6) is -1.21. The molecule has 3 rings (SSSR count). The number of hydrogen-bond donors (Lipinski definition) is 1. The fourth-order valence-corrected chi connectivity index (χ4v) is 3.89. The second-order valence-electron chi connectivity index (χ2n) is 4.66. The monoisotopic (exact) mass is 263 g/mol. The van der Waals surface area contributed by atoms with Crippen LogP contribution in [0.1, 0.15) is 25.3 Å². The lowest BCUT2D eigenvalue weighted by atomic mass is 10.0. The van der Waals surface area contributed by atoms with Crippen molar-refractivity contribution in [2.24, 2.45) is 5.92 Å². The molecule has 1 aromatic heterocycles. The molecule has 2 aromatic rings. The van der Waals surface area contributed by atoms with E-state index in [4.69, 9.17) is 0 Å². The Morgan fingerprint density at radius 3 is 2.83 bits per heavy atom. The standard InChI is InChI=1S/C13H13NO3S/c15-12-9-4-1-2-7-11(9)18-14(12)10-6-3-5-8(10)13(16)17/h1-2,4,7-8,10H,3,5-6H2,(H,16,17). The van der Waals surface area contributed by atoms with Crippen molar-refractivity contribution in [3.05, 3.63) is 34.6 Å². The number of nitrogens with zero attached hydrogens (tertiary/aromatic N) is 1. The highest BCUT2D eigenvalue weighted by atomic mass is 32.1. The lowest BCUT2D eigenvalue weighted by molar-refractivity contribution is -0.142. The Labute approximate surface area is 108 Å². The predicted molar refractivity (Wildman–Crippen MR) is 70.1 cm³/mol. The average Bonchev–Trinajstić information content (AvgIpc) is 2.94. The Kier molecular flexibility index (Phi) is 2.70. The summed E-state index contributed by atoms with van der Waals surface area (Å²) in [6, 6.07) is 7.26. The predicted octanol–water partition coefficient (Wildman–Crippen LogP) is 2.49. The second kappa shape index (κ2) is 4.24. The molecule has 0 amide bonds. The Morgan fingerprint density at radius 1 is 1.33 bits per heavy atom. The van der Waals surface area contributed by atoms with Gasteiger partial charge in [-0.2, -0.15) is 0 Å². The van der Waals surface area contributed by atoms with E-state index in [1.54, 1.807) is 10.0 Å². The van der Waals surface area contributed by atoms with E-state index in [2.05, 4.69) is 0 Å². The smallest absolute Gasteiger partial charge is 0.308 e. The molecule has 0 aliphatic heterocycles. The van der Waals surface area contributed by atoms with Crippen molar-refractivity contribution in [1.29, 1.82) is 0 Å². The van der Waals surface area contributed by atoms with Gasteiger partial charge in [0.1, 0.15) is 0 Å². The van der Waals surface area contributed by atoms with E-state index in [-0.39, 0.29) is 11.6 Å². The first-order valence-electron chi connectivity index (χ1n) is 6.02. The fourth-order valence-electron chi connectivity index (χ4n) is 2.72. The highest BCUT2D eigenvalue weighted by Gasteiger charge is 2.35. The molecule has 1 aliphatic rings. The largest absolute Gasteiger partial charge is 0.481 e. The van der Waals surface area contributed by atoms with Gasteiger partial charge in [0, 0.05) is 0 Å². The van der Waals surface area contributed by atoms with Gasteiger partial charge in [-0.15, -0.1) is 0 Å². The number of benzene rings is 1. The quantitative estimate of drug-likeness (QED) is 0.905. The summed E-state index contributed by atoms with van der Waals surface area (Å²) < 4.78 is 2.59. The third-order valence-corrected chi connectivity index (χ3v) is 4.80. The molecule has 1 heterocycles. The summed E-state index contributed by atoms with van der Waals surface area (Å²) in [6.07, 6.45) is 2.33. The Balaban J connectivity index is 2.12. The van der Waals surface area contributed by atoms with Gasteiger partial charge in [0.15, 0.2) is 0 Å². The van der Waals surface area contributed by atoms with Crippen LogP contribution in [0.2, 0.25) is 0 Å². The minimum absolute atomic E-state index is 0.0475. The van der Waals surface area contributed by atoms with Crippen molar-refractivity contribution in [3.63, 3.8) is 0 Å². The van der Waals surface area contributed by atoms with Crippen LogP contribution in [0.5, 0.6) is 0 Å². The molecule has 18 heavy (non-hydrogen) atoms. The lowest BCUT2D eigenvalue weighted by Crippen LogP contribution is -2.26. The highest BCUT2D eigenvalue weighted by molar-refractivity contribution is 7.13. The number of carbonyl (C=O) groups is 1. The van der Waals surface area contributed by atoms with Crippen molar-refractivity contribution >= 4 is 27.6 Å². The number of rotatable bonds is 2. The van der Waals surface area contributed by atoms with Gasteiger partial charge in [-0.1, -0.05) is 30.1 Å². The van der Waals surface area contributed by atoms with Crippen molar-refractivity contribution in [2.75, 3.05) is 0 Å². The summed E-state index contributed by atoms with van der Waals surface area (Å²) in [6.45, 7) is 0. The molecule has 0 saturated heterocycles. The molecule has 0 radical (unpaired) electrons. The Morgan fingerprint density at radius 2 is 2.11 bits per heavy atom. The number of carboxylic acids is 1. The SMILES string of the molecule is O=C(O)C1CCCC1n1sc2ccccc2c1=O. The van der Waals surface area contributed by atoms with Crippen LogP contribution in [-0.4, -0.2) is 15.0 Å². The van der Waals surface area contributed by atoms with Crippen molar-refractivity contribution < 1.29 is 9.90 Å². The number of fused-ring (bicyclic) bond motifs is 1. The third kappa shape index (κ3) is 1.66. The molecule has 1 fully saturated rings. The van der Waals surface area contributed by atoms with E-state index >= 15 is 0 Å². The molecule has 1 saturated carbocycles. The van der Waals surface area contributed by atoms with E-state index in [9.17, 15) is 14.7 Å². The lowest BCUT2D eigenvalue weighted by Gasteiger charge is -2.15. The van der Waals surface area contributed by atoms with Crippen molar-refractivity contribution in [2.45, 2.75) is 25.3 Å². The van der Waals surface area contributed by atoms with Gasteiger partial charge in [-0.3, -0.25) is 13.5 Å². The minimum atomic E-state index is -0.790. The molecular formula is C13H13NO3S. The number of aliphatic carboxylic acids is 1. The maximum absolute atomic E-state index is 12.3. The molecule has 2 unspecified atom stereocenters. The first kappa shape index (κ1) is 11.5. The Hall–Kier alpha value is -1.62. The zero-order valence-electron chi connectivity index (χ0n) is 9.70. The highest BCUT2D eigenvalue weighted by Crippen LogP contribution is 2.37. The molecule has 4 nitrogen and oxygen atoms in total. The molecule has 2 atom stereocenters. The summed E-state index contributed by atoms with van der Waals surface area (Å²) in [5, 5.41) is 9.89. The van der Waals surface area contributed by atoms with Gasteiger partial charge in [-0.05, 0) is 25.0 Å². The topological polar surface area (TPSA) is 59.3 Å². The molecular weight excluding hydrogens is 250 g/mol. The molecule has 1 N–H and O–H groups in total.